The largest absolute Gasteiger partial charge is 0.492 e. The summed E-state index contributed by atoms with van der Waals surface area (Å²) in [5.41, 5.74) is 6.59. The van der Waals surface area contributed by atoms with Gasteiger partial charge in [-0.3, -0.25) is 4.98 Å². The Kier molecular flexibility index (Phi) is 4.56. The summed E-state index contributed by atoms with van der Waals surface area (Å²) >= 11 is 0. The minimum Gasteiger partial charge on any atom is -0.492 e. The molecule has 0 saturated carbocycles. The second-order valence-electron chi connectivity index (χ2n) is 4.24. The van der Waals surface area contributed by atoms with Crippen molar-refractivity contribution < 1.29 is 4.74 Å². The average molecular weight is 208 g/mol. The molecule has 0 unspecified atom stereocenters. The van der Waals surface area contributed by atoms with Gasteiger partial charge in [-0.25, -0.2) is 0 Å². The zero-order valence-electron chi connectivity index (χ0n) is 9.73. The Morgan fingerprint density at radius 1 is 1.33 bits per heavy atom. The summed E-state index contributed by atoms with van der Waals surface area (Å²) in [5.74, 6) is 1.49. The lowest BCUT2D eigenvalue weighted by molar-refractivity contribution is 0.288. The van der Waals surface area contributed by atoms with Crippen molar-refractivity contribution in [2.24, 2.45) is 11.7 Å². The molecule has 1 rings (SSSR count). The van der Waals surface area contributed by atoms with Gasteiger partial charge in [0, 0.05) is 6.04 Å². The third kappa shape index (κ3) is 4.30. The summed E-state index contributed by atoms with van der Waals surface area (Å²) in [4.78, 5) is 4.23. The molecule has 3 heteroatoms. The van der Waals surface area contributed by atoms with E-state index in [1.807, 2.05) is 19.1 Å². The summed E-state index contributed by atoms with van der Waals surface area (Å²) in [6, 6.07) is 3.82. The zero-order valence-corrected chi connectivity index (χ0v) is 9.73. The molecule has 0 spiro atoms. The Labute approximate surface area is 91.7 Å². The fraction of sp³-hybridized carbons (Fsp3) is 0.583. The van der Waals surface area contributed by atoms with E-state index in [0.29, 0.717) is 5.92 Å². The van der Waals surface area contributed by atoms with Crippen LogP contribution in [0.1, 0.15) is 38.9 Å². The number of nitrogens with two attached hydrogens (primary N) is 1. The van der Waals surface area contributed by atoms with Crippen molar-refractivity contribution >= 4 is 0 Å². The van der Waals surface area contributed by atoms with Crippen molar-refractivity contribution in [2.75, 3.05) is 6.61 Å². The number of rotatable bonds is 5. The Morgan fingerprint density at radius 2 is 2.07 bits per heavy atom. The molecule has 0 fully saturated rings. The van der Waals surface area contributed by atoms with Crippen LogP contribution in [0.3, 0.4) is 0 Å². The molecule has 0 aliphatic carbocycles. The van der Waals surface area contributed by atoms with Gasteiger partial charge in [0.05, 0.1) is 18.5 Å². The normalized spacial score (nSPS) is 12.9. The maximum atomic E-state index is 5.70. The fourth-order valence-electron chi connectivity index (χ4n) is 1.16. The summed E-state index contributed by atoms with van der Waals surface area (Å²) in [6.07, 6.45) is 2.80. The summed E-state index contributed by atoms with van der Waals surface area (Å²) in [7, 11) is 0. The van der Waals surface area contributed by atoms with Crippen molar-refractivity contribution in [1.29, 1.82) is 0 Å². The van der Waals surface area contributed by atoms with Gasteiger partial charge in [0.25, 0.3) is 0 Å². The zero-order chi connectivity index (χ0) is 11.3. The lowest BCUT2D eigenvalue weighted by Gasteiger charge is -2.09. The van der Waals surface area contributed by atoms with Gasteiger partial charge in [-0.1, -0.05) is 13.8 Å². The standard InChI is InChI=1S/C12H20N2O/c1-9(2)6-7-15-11-4-5-12(10(3)13)14-8-11/h4-5,8-10H,6-7,13H2,1-3H3/t10-/m0/s1. The SMILES string of the molecule is CC(C)CCOc1ccc([C@H](C)N)nc1. The predicted molar refractivity (Wildman–Crippen MR) is 61.8 cm³/mol. The molecule has 1 aromatic rings. The number of hydrogen-bond acceptors (Lipinski definition) is 3. The molecule has 0 amide bonds. The summed E-state index contributed by atoms with van der Waals surface area (Å²) in [5, 5.41) is 0. The van der Waals surface area contributed by atoms with Crippen LogP contribution < -0.4 is 10.5 Å². The first-order chi connectivity index (χ1) is 7.09. The molecule has 3 nitrogen and oxygen atoms in total. The van der Waals surface area contributed by atoms with Crippen LogP contribution in [0.25, 0.3) is 0 Å². The number of hydrogen-bond donors (Lipinski definition) is 1. The van der Waals surface area contributed by atoms with Crippen LogP contribution in [0.15, 0.2) is 18.3 Å². The lowest BCUT2D eigenvalue weighted by atomic mass is 10.1. The molecule has 0 aliphatic heterocycles. The molecule has 0 bridgehead atoms. The Morgan fingerprint density at radius 3 is 2.53 bits per heavy atom. The lowest BCUT2D eigenvalue weighted by Crippen LogP contribution is -2.07. The third-order valence-corrected chi connectivity index (χ3v) is 2.19. The van der Waals surface area contributed by atoms with Crippen molar-refractivity contribution in [3.63, 3.8) is 0 Å². The molecule has 0 aliphatic rings. The summed E-state index contributed by atoms with van der Waals surface area (Å²) in [6.45, 7) is 7.03. The van der Waals surface area contributed by atoms with Gasteiger partial charge in [-0.05, 0) is 31.4 Å². The first-order valence-electron chi connectivity index (χ1n) is 5.44. The highest BCUT2D eigenvalue weighted by molar-refractivity contribution is 5.21. The van der Waals surface area contributed by atoms with Crippen molar-refractivity contribution in [3.05, 3.63) is 24.0 Å². The number of ether oxygens (including phenoxy) is 1. The number of pyridine rings is 1. The monoisotopic (exact) mass is 208 g/mol. The van der Waals surface area contributed by atoms with E-state index in [2.05, 4.69) is 18.8 Å². The van der Waals surface area contributed by atoms with E-state index in [1.165, 1.54) is 0 Å². The van der Waals surface area contributed by atoms with Crippen LogP contribution in [0.2, 0.25) is 0 Å². The smallest absolute Gasteiger partial charge is 0.137 e. The van der Waals surface area contributed by atoms with Crippen LogP contribution >= 0.6 is 0 Å². The van der Waals surface area contributed by atoms with Crippen LogP contribution in [-0.2, 0) is 0 Å². The highest BCUT2D eigenvalue weighted by Gasteiger charge is 2.01. The second-order valence-corrected chi connectivity index (χ2v) is 4.24. The fourth-order valence-corrected chi connectivity index (χ4v) is 1.16. The van der Waals surface area contributed by atoms with Gasteiger partial charge in [-0.15, -0.1) is 0 Å². The maximum absolute atomic E-state index is 5.70. The molecule has 0 aromatic carbocycles. The summed E-state index contributed by atoms with van der Waals surface area (Å²) < 4.78 is 5.55. The Hall–Kier alpha value is -1.09. The van der Waals surface area contributed by atoms with E-state index in [-0.39, 0.29) is 6.04 Å². The van der Waals surface area contributed by atoms with Crippen LogP contribution in [0, 0.1) is 5.92 Å². The van der Waals surface area contributed by atoms with E-state index in [9.17, 15) is 0 Å². The van der Waals surface area contributed by atoms with E-state index >= 15 is 0 Å². The minimum atomic E-state index is -0.0188. The molecule has 0 saturated heterocycles. The molecular formula is C12H20N2O. The molecule has 84 valence electrons. The van der Waals surface area contributed by atoms with Crippen molar-refractivity contribution in [1.82, 2.24) is 4.98 Å². The molecule has 1 heterocycles. The number of nitrogens with zero attached hydrogens (tertiary/aromatic N) is 1. The van der Waals surface area contributed by atoms with Crippen molar-refractivity contribution in [2.45, 2.75) is 33.2 Å². The highest BCUT2D eigenvalue weighted by Crippen LogP contribution is 2.13. The van der Waals surface area contributed by atoms with E-state index in [0.717, 1.165) is 24.5 Å². The van der Waals surface area contributed by atoms with Gasteiger partial charge in [0.1, 0.15) is 5.75 Å². The van der Waals surface area contributed by atoms with E-state index in [4.69, 9.17) is 10.5 Å². The molecule has 1 aromatic heterocycles. The maximum Gasteiger partial charge on any atom is 0.137 e. The average Bonchev–Trinajstić information content (AvgIpc) is 2.18. The van der Waals surface area contributed by atoms with Crippen LogP contribution in [0.4, 0.5) is 0 Å². The Bertz CT molecular complexity index is 280. The molecule has 15 heavy (non-hydrogen) atoms. The molecular weight excluding hydrogens is 188 g/mol. The second kappa shape index (κ2) is 5.71. The van der Waals surface area contributed by atoms with E-state index in [1.54, 1.807) is 6.20 Å². The predicted octanol–water partition coefficient (Wildman–Crippen LogP) is 2.53. The van der Waals surface area contributed by atoms with Crippen molar-refractivity contribution in [3.8, 4) is 5.75 Å². The first-order valence-corrected chi connectivity index (χ1v) is 5.44. The Balaban J connectivity index is 2.43. The topological polar surface area (TPSA) is 48.1 Å². The van der Waals surface area contributed by atoms with Gasteiger partial charge < -0.3 is 10.5 Å². The highest BCUT2D eigenvalue weighted by atomic mass is 16.5. The quantitative estimate of drug-likeness (QED) is 0.808. The van der Waals surface area contributed by atoms with E-state index < -0.39 is 0 Å². The van der Waals surface area contributed by atoms with Gasteiger partial charge in [0.2, 0.25) is 0 Å². The molecule has 0 radical (unpaired) electrons. The first kappa shape index (κ1) is 12.0. The van der Waals surface area contributed by atoms with Gasteiger partial charge >= 0.3 is 0 Å². The third-order valence-electron chi connectivity index (χ3n) is 2.19. The molecule has 2 N–H and O–H groups in total. The minimum absolute atomic E-state index is 0.0188. The van der Waals surface area contributed by atoms with Gasteiger partial charge in [-0.2, -0.15) is 0 Å². The van der Waals surface area contributed by atoms with Crippen LogP contribution in [-0.4, -0.2) is 11.6 Å². The molecule has 1 atom stereocenters. The van der Waals surface area contributed by atoms with Crippen LogP contribution in [0.5, 0.6) is 5.75 Å². The van der Waals surface area contributed by atoms with Gasteiger partial charge in [0.15, 0.2) is 0 Å². The number of aromatic nitrogens is 1.